The summed E-state index contributed by atoms with van der Waals surface area (Å²) >= 11 is 0. The van der Waals surface area contributed by atoms with E-state index in [1.807, 2.05) is 0 Å². The van der Waals surface area contributed by atoms with Crippen molar-refractivity contribution < 1.29 is 2.82 Å². The fourth-order valence-electron chi connectivity index (χ4n) is 0. The minimum atomic E-state index is -0.0741. The fourth-order valence-corrected chi connectivity index (χ4v) is 0. The molecule has 0 rings (SSSR count). The van der Waals surface area contributed by atoms with Gasteiger partial charge in [-0.2, -0.15) is 0 Å². The summed E-state index contributed by atoms with van der Waals surface area (Å²) in [6.07, 6.45) is 0. The molecule has 2 heteroatoms. The maximum atomic E-state index is 6.53. The van der Waals surface area contributed by atoms with Crippen LogP contribution in [-0.2, 0) is 0 Å². The molecule has 0 heterocycles. The van der Waals surface area contributed by atoms with Gasteiger partial charge >= 0.3 is 0 Å². The van der Waals surface area contributed by atoms with E-state index in [-0.39, 0.29) is 6.04 Å². The summed E-state index contributed by atoms with van der Waals surface area (Å²) in [5, 5.41) is 0. The Bertz CT molecular complexity index is 40.2. The Morgan fingerprint density at radius 1 is 2.20 bits per heavy atom. The van der Waals surface area contributed by atoms with E-state index in [0.717, 1.165) is 0 Å². The van der Waals surface area contributed by atoms with Crippen molar-refractivity contribution in [1.29, 1.82) is 0 Å². The summed E-state index contributed by atoms with van der Waals surface area (Å²) in [5.41, 5.74) is 5.79. The number of rotatable bonds is 2. The van der Waals surface area contributed by atoms with Crippen molar-refractivity contribution in [2.45, 2.75) is 13.0 Å². The van der Waals surface area contributed by atoms with Crippen LogP contribution in [0.2, 0.25) is 2.82 Å². The van der Waals surface area contributed by atoms with Crippen molar-refractivity contribution in [2.75, 3.05) is 6.54 Å². The molecular weight excluding hydrogens is 64.0 g/mol. The van der Waals surface area contributed by atoms with Crippen LogP contribution >= 0.6 is 0 Å². The van der Waals surface area contributed by atoms with E-state index in [0.29, 0.717) is 12.3 Å². The SMILES string of the molecule is [2H]N([2H])CC(C)N. The highest BCUT2D eigenvalue weighted by molar-refractivity contribution is 4.48. The van der Waals surface area contributed by atoms with Gasteiger partial charge in [0.15, 0.2) is 0 Å². The zero-order valence-corrected chi connectivity index (χ0v) is 3.31. The number of hydrogen-bond acceptors (Lipinski definition) is 2. The minimum absolute atomic E-state index is 0.0741. The predicted octanol–water partition coefficient (Wildman–Crippen LogP) is -0.708. The summed E-state index contributed by atoms with van der Waals surface area (Å²) in [5.74, 6) is 0. The van der Waals surface area contributed by atoms with Crippen LogP contribution in [-0.4, -0.2) is 12.6 Å². The van der Waals surface area contributed by atoms with Crippen molar-refractivity contribution in [2.24, 2.45) is 11.5 Å². The zero-order chi connectivity index (χ0) is 5.86. The molecule has 0 aliphatic carbocycles. The molecular formula is C3H10N2. The largest absolute Gasteiger partial charge is 0.329 e. The summed E-state index contributed by atoms with van der Waals surface area (Å²) in [4.78, 5) is 0. The molecule has 0 spiro atoms. The van der Waals surface area contributed by atoms with Gasteiger partial charge in [-0.1, -0.05) is 0 Å². The first-order valence-electron chi connectivity index (χ1n) is 2.53. The van der Waals surface area contributed by atoms with Crippen LogP contribution in [0.3, 0.4) is 0 Å². The molecule has 0 bridgehead atoms. The third kappa shape index (κ3) is 3.92. The minimum Gasteiger partial charge on any atom is -0.329 e. The predicted molar refractivity (Wildman–Crippen MR) is 22.7 cm³/mol. The Kier molecular flexibility index (Phi) is 0.938. The molecule has 1 atom stereocenters. The van der Waals surface area contributed by atoms with Crippen LogP contribution in [0.4, 0.5) is 0 Å². The van der Waals surface area contributed by atoms with Gasteiger partial charge in [-0.3, -0.25) is 0 Å². The monoisotopic (exact) mass is 76.1 g/mol. The maximum Gasteiger partial charge on any atom is 0.118 e. The first-order chi connectivity index (χ1) is 3.13. The second kappa shape index (κ2) is 2.18. The Morgan fingerprint density at radius 3 is 2.80 bits per heavy atom. The maximum absolute atomic E-state index is 6.53. The normalized spacial score (nSPS) is 21.4. The second-order valence-corrected chi connectivity index (χ2v) is 1.16. The molecule has 1 unspecified atom stereocenters. The quantitative estimate of drug-likeness (QED) is 0.456. The van der Waals surface area contributed by atoms with Crippen LogP contribution in [0.15, 0.2) is 0 Å². The van der Waals surface area contributed by atoms with Gasteiger partial charge in [0.1, 0.15) is 2.82 Å². The molecule has 5 heavy (non-hydrogen) atoms. The van der Waals surface area contributed by atoms with Gasteiger partial charge in [0, 0.05) is 12.6 Å². The molecule has 0 aliphatic heterocycles. The topological polar surface area (TPSA) is 52.0 Å². The lowest BCUT2D eigenvalue weighted by Crippen LogP contribution is -2.25. The van der Waals surface area contributed by atoms with Crippen molar-refractivity contribution >= 4 is 0 Å². The Hall–Kier alpha value is -0.0800. The highest BCUT2D eigenvalue weighted by Crippen LogP contribution is 1.59. The van der Waals surface area contributed by atoms with E-state index in [1.165, 1.54) is 0 Å². The summed E-state index contributed by atoms with van der Waals surface area (Å²) in [7, 11) is 0. The molecule has 32 valence electrons. The smallest absolute Gasteiger partial charge is 0.118 e. The lowest BCUT2D eigenvalue weighted by molar-refractivity contribution is 0.752. The van der Waals surface area contributed by atoms with Crippen molar-refractivity contribution in [3.63, 3.8) is 0 Å². The fraction of sp³-hybridized carbons (Fsp3) is 1.00. The van der Waals surface area contributed by atoms with Crippen LogP contribution in [0.25, 0.3) is 0 Å². The van der Waals surface area contributed by atoms with Gasteiger partial charge in [0.05, 0.1) is 0 Å². The first-order valence-corrected chi connectivity index (χ1v) is 1.64. The third-order valence-electron chi connectivity index (χ3n) is 0.288. The van der Waals surface area contributed by atoms with Gasteiger partial charge in [0.2, 0.25) is 0 Å². The van der Waals surface area contributed by atoms with E-state index < -0.39 is 0 Å². The molecule has 2 nitrogen and oxygen atoms in total. The lowest BCUT2D eigenvalue weighted by Gasteiger charge is -1.92. The molecule has 0 aliphatic rings. The van der Waals surface area contributed by atoms with Gasteiger partial charge in [0.25, 0.3) is 0 Å². The average Bonchev–Trinajstić information content (AvgIpc) is 1.27. The highest BCUT2D eigenvalue weighted by atomic mass is 14.7. The molecule has 0 aromatic rings. The van der Waals surface area contributed by atoms with E-state index in [1.54, 1.807) is 6.92 Å². The van der Waals surface area contributed by atoms with Crippen molar-refractivity contribution in [3.05, 3.63) is 0 Å². The molecule has 0 amide bonds. The Labute approximate surface area is 35.1 Å². The molecule has 0 saturated heterocycles. The number of hydrogen-bond donors (Lipinski definition) is 2. The molecule has 4 N–H and O–H groups in total. The molecule has 0 aromatic carbocycles. The van der Waals surface area contributed by atoms with Gasteiger partial charge < -0.3 is 11.5 Å². The number of nitrogens with two attached hydrogens (primary N) is 2. The molecule has 0 radical (unpaired) electrons. The van der Waals surface area contributed by atoms with Crippen LogP contribution in [0.5, 0.6) is 0 Å². The third-order valence-corrected chi connectivity index (χ3v) is 0.288. The Morgan fingerprint density at radius 2 is 2.80 bits per heavy atom. The van der Waals surface area contributed by atoms with Crippen molar-refractivity contribution in [3.8, 4) is 0 Å². The molecule has 0 fully saturated rings. The second-order valence-electron chi connectivity index (χ2n) is 1.16. The van der Waals surface area contributed by atoms with Gasteiger partial charge in [-0.05, 0) is 6.92 Å². The van der Waals surface area contributed by atoms with Gasteiger partial charge in [-0.15, -0.1) is 0 Å². The average molecular weight is 76.1 g/mol. The first kappa shape index (κ1) is 2.16. The summed E-state index contributed by atoms with van der Waals surface area (Å²) < 4.78 is 13.1. The van der Waals surface area contributed by atoms with E-state index in [2.05, 4.69) is 0 Å². The zero-order valence-electron chi connectivity index (χ0n) is 5.31. The summed E-state index contributed by atoms with van der Waals surface area (Å²) in [6, 6.07) is -0.0741. The van der Waals surface area contributed by atoms with Crippen LogP contribution in [0, 0.1) is 0 Å². The standard InChI is InChI=1S/C3H10N2/c1-3(5)2-4/h3H,2,4-5H2,1H3/i/hD2. The van der Waals surface area contributed by atoms with E-state index in [4.69, 9.17) is 8.56 Å². The lowest BCUT2D eigenvalue weighted by atomic mass is 10.4. The van der Waals surface area contributed by atoms with E-state index >= 15 is 0 Å². The molecule has 0 aromatic heterocycles. The van der Waals surface area contributed by atoms with Crippen molar-refractivity contribution in [1.82, 2.24) is 0 Å². The van der Waals surface area contributed by atoms with Crippen LogP contribution in [0.1, 0.15) is 6.92 Å². The summed E-state index contributed by atoms with van der Waals surface area (Å²) in [6.45, 7) is 2.07. The Balaban J connectivity index is 2.95. The van der Waals surface area contributed by atoms with E-state index in [9.17, 15) is 0 Å². The highest BCUT2D eigenvalue weighted by Gasteiger charge is 1.79. The van der Waals surface area contributed by atoms with Gasteiger partial charge in [-0.25, -0.2) is 0 Å². The molecule has 0 saturated carbocycles. The van der Waals surface area contributed by atoms with Crippen LogP contribution < -0.4 is 11.5 Å².